The fraction of sp³-hybridized carbons (Fsp3) is 0.318. The first-order valence-electron chi connectivity index (χ1n) is 10.6. The number of hydrogen-bond acceptors (Lipinski definition) is 8. The van der Waals surface area contributed by atoms with Crippen LogP contribution in [-0.4, -0.2) is 48.5 Å². The third-order valence-corrected chi connectivity index (χ3v) is 7.43. The Morgan fingerprint density at radius 1 is 0.970 bits per heavy atom. The van der Waals surface area contributed by atoms with Gasteiger partial charge in [0.2, 0.25) is 16.1 Å². The molecule has 1 saturated heterocycles. The van der Waals surface area contributed by atoms with Crippen molar-refractivity contribution in [3.8, 4) is 11.5 Å². The number of aromatic nitrogens is 2. The van der Waals surface area contributed by atoms with Gasteiger partial charge in [0.15, 0.2) is 11.5 Å². The van der Waals surface area contributed by atoms with Crippen molar-refractivity contribution in [1.82, 2.24) is 14.5 Å². The van der Waals surface area contributed by atoms with Gasteiger partial charge in [-0.3, -0.25) is 10.1 Å². The first-order chi connectivity index (χ1) is 16.0. The lowest BCUT2D eigenvalue weighted by Gasteiger charge is -2.25. The lowest BCUT2D eigenvalue weighted by atomic mass is 10.2. The Balaban J connectivity index is 1.24. The van der Waals surface area contributed by atoms with Gasteiger partial charge >= 0.3 is 6.01 Å². The maximum Gasteiger partial charge on any atom is 0.322 e. The average molecular weight is 471 g/mol. The zero-order valence-electron chi connectivity index (χ0n) is 17.6. The second-order valence-corrected chi connectivity index (χ2v) is 9.69. The molecule has 1 aromatic heterocycles. The Kier molecular flexibility index (Phi) is 5.73. The normalized spacial score (nSPS) is 18.6. The lowest BCUT2D eigenvalue weighted by molar-refractivity contribution is 0.0716. The summed E-state index contributed by atoms with van der Waals surface area (Å²) in [4.78, 5) is 12.7. The van der Waals surface area contributed by atoms with E-state index < -0.39 is 22.0 Å². The molecule has 0 saturated carbocycles. The van der Waals surface area contributed by atoms with Crippen LogP contribution in [0.2, 0.25) is 0 Å². The largest absolute Gasteiger partial charge is 0.485 e. The summed E-state index contributed by atoms with van der Waals surface area (Å²) in [5.74, 6) is 0.866. The van der Waals surface area contributed by atoms with Crippen LogP contribution in [0.4, 0.5) is 6.01 Å². The highest BCUT2D eigenvalue weighted by molar-refractivity contribution is 7.89. The molecule has 10 nitrogen and oxygen atoms in total. The maximum atomic E-state index is 12.8. The first-order valence-corrected chi connectivity index (χ1v) is 12.1. The van der Waals surface area contributed by atoms with Crippen molar-refractivity contribution in [2.75, 3.05) is 25.0 Å². The Hall–Kier alpha value is -3.44. The van der Waals surface area contributed by atoms with Crippen LogP contribution >= 0.6 is 0 Å². The molecule has 1 atom stereocenters. The molecule has 1 unspecified atom stereocenters. The zero-order chi connectivity index (χ0) is 22.8. The van der Waals surface area contributed by atoms with E-state index in [1.165, 1.54) is 28.6 Å². The summed E-state index contributed by atoms with van der Waals surface area (Å²) in [5, 5.41) is 10.3. The number of carbonyl (C=O) groups is 1. The van der Waals surface area contributed by atoms with Gasteiger partial charge in [0.25, 0.3) is 11.8 Å². The van der Waals surface area contributed by atoms with Crippen LogP contribution in [0, 0.1) is 0 Å². The summed E-state index contributed by atoms with van der Waals surface area (Å²) in [6.45, 7) is 1.23. The standard InChI is InChI=1S/C22H22N4O6S/c27-20(15-8-10-16(11-9-15)33(28,29)26-12-4-1-5-13-26)23-22-25-24-21(32-22)19-14-30-17-6-2-3-7-18(17)31-19/h2-3,6-11,19H,1,4-5,12-14H2,(H,23,25,27). The van der Waals surface area contributed by atoms with Crippen molar-refractivity contribution in [2.45, 2.75) is 30.3 Å². The Bertz CT molecular complexity index is 1250. The number of rotatable bonds is 5. The molecule has 0 bridgehead atoms. The van der Waals surface area contributed by atoms with Crippen LogP contribution in [-0.2, 0) is 10.0 Å². The summed E-state index contributed by atoms with van der Waals surface area (Å²) in [6.07, 6.45) is 2.15. The zero-order valence-corrected chi connectivity index (χ0v) is 18.5. The van der Waals surface area contributed by atoms with Crippen molar-refractivity contribution in [2.24, 2.45) is 0 Å². The van der Waals surface area contributed by atoms with E-state index >= 15 is 0 Å². The van der Waals surface area contributed by atoms with Crippen molar-refractivity contribution < 1.29 is 27.1 Å². The SMILES string of the molecule is O=C(Nc1nnc(C2COc3ccccc3O2)o1)c1ccc(S(=O)(=O)N2CCCCC2)cc1. The number of amides is 1. The molecule has 2 aliphatic rings. The van der Waals surface area contributed by atoms with E-state index in [1.807, 2.05) is 12.1 Å². The average Bonchev–Trinajstić information content (AvgIpc) is 3.33. The summed E-state index contributed by atoms with van der Waals surface area (Å²) < 4.78 is 44.0. The highest BCUT2D eigenvalue weighted by atomic mass is 32.2. The Morgan fingerprint density at radius 2 is 1.70 bits per heavy atom. The lowest BCUT2D eigenvalue weighted by Crippen LogP contribution is -2.35. The van der Waals surface area contributed by atoms with Gasteiger partial charge in [-0.2, -0.15) is 4.31 Å². The Labute approximate surface area is 190 Å². The minimum absolute atomic E-state index is 0.0949. The van der Waals surface area contributed by atoms with Gasteiger partial charge in [-0.05, 0) is 49.2 Å². The van der Waals surface area contributed by atoms with Crippen LogP contribution in [0.25, 0.3) is 0 Å². The number of piperidine rings is 1. The van der Waals surface area contributed by atoms with Gasteiger partial charge in [0.1, 0.15) is 6.61 Å². The summed E-state index contributed by atoms with van der Waals surface area (Å²) >= 11 is 0. The molecule has 0 radical (unpaired) electrons. The molecule has 1 amide bonds. The number of nitrogens with one attached hydrogen (secondary N) is 1. The number of carbonyl (C=O) groups excluding carboxylic acids is 1. The van der Waals surface area contributed by atoms with Crippen LogP contribution in [0.5, 0.6) is 11.5 Å². The van der Waals surface area contributed by atoms with Gasteiger partial charge < -0.3 is 13.9 Å². The number of sulfonamides is 1. The van der Waals surface area contributed by atoms with E-state index in [9.17, 15) is 13.2 Å². The molecule has 0 aliphatic carbocycles. The molecule has 172 valence electrons. The van der Waals surface area contributed by atoms with Crippen molar-refractivity contribution >= 4 is 21.9 Å². The minimum atomic E-state index is -3.56. The third-order valence-electron chi connectivity index (χ3n) is 5.51. The van der Waals surface area contributed by atoms with E-state index in [-0.39, 0.29) is 29.0 Å². The maximum absolute atomic E-state index is 12.8. The number of anilines is 1. The van der Waals surface area contributed by atoms with Crippen molar-refractivity contribution in [3.05, 3.63) is 60.0 Å². The van der Waals surface area contributed by atoms with Gasteiger partial charge in [-0.1, -0.05) is 23.7 Å². The number of ether oxygens (including phenoxy) is 2. The summed E-state index contributed by atoms with van der Waals surface area (Å²) in [7, 11) is -3.56. The molecular weight excluding hydrogens is 448 g/mol. The molecular formula is C22H22N4O6S. The Morgan fingerprint density at radius 3 is 2.45 bits per heavy atom. The fourth-order valence-electron chi connectivity index (χ4n) is 3.76. The molecule has 0 spiro atoms. The molecule has 1 N–H and O–H groups in total. The molecule has 2 aromatic carbocycles. The highest BCUT2D eigenvalue weighted by Crippen LogP contribution is 2.35. The molecule has 3 heterocycles. The minimum Gasteiger partial charge on any atom is -0.485 e. The number of benzene rings is 2. The van der Waals surface area contributed by atoms with E-state index in [4.69, 9.17) is 13.9 Å². The summed E-state index contributed by atoms with van der Waals surface area (Å²) in [6, 6.07) is 12.9. The van der Waals surface area contributed by atoms with Crippen LogP contribution < -0.4 is 14.8 Å². The van der Waals surface area contributed by atoms with E-state index in [2.05, 4.69) is 15.5 Å². The van der Waals surface area contributed by atoms with E-state index in [0.717, 1.165) is 19.3 Å². The highest BCUT2D eigenvalue weighted by Gasteiger charge is 2.28. The van der Waals surface area contributed by atoms with E-state index in [0.29, 0.717) is 24.6 Å². The molecule has 3 aromatic rings. The number of nitrogens with zero attached hydrogens (tertiary/aromatic N) is 3. The van der Waals surface area contributed by atoms with Gasteiger partial charge in [0.05, 0.1) is 4.90 Å². The molecule has 5 rings (SSSR count). The van der Waals surface area contributed by atoms with Crippen LogP contribution in [0.3, 0.4) is 0 Å². The van der Waals surface area contributed by atoms with E-state index in [1.54, 1.807) is 12.1 Å². The van der Waals surface area contributed by atoms with Gasteiger partial charge in [0, 0.05) is 18.7 Å². The van der Waals surface area contributed by atoms with Gasteiger partial charge in [-0.25, -0.2) is 8.42 Å². The van der Waals surface area contributed by atoms with Gasteiger partial charge in [-0.15, -0.1) is 5.10 Å². The second kappa shape index (κ2) is 8.83. The quantitative estimate of drug-likeness (QED) is 0.604. The number of para-hydroxylation sites is 2. The smallest absolute Gasteiger partial charge is 0.322 e. The fourth-order valence-corrected chi connectivity index (χ4v) is 5.28. The topological polar surface area (TPSA) is 124 Å². The predicted octanol–water partition coefficient (Wildman–Crippen LogP) is 3.01. The summed E-state index contributed by atoms with van der Waals surface area (Å²) in [5.41, 5.74) is 0.263. The third kappa shape index (κ3) is 4.41. The van der Waals surface area contributed by atoms with Crippen molar-refractivity contribution in [3.63, 3.8) is 0 Å². The molecule has 1 fully saturated rings. The number of fused-ring (bicyclic) bond motifs is 1. The molecule has 33 heavy (non-hydrogen) atoms. The van der Waals surface area contributed by atoms with Crippen LogP contribution in [0.1, 0.15) is 41.6 Å². The second-order valence-electron chi connectivity index (χ2n) is 7.75. The first kappa shape index (κ1) is 21.4. The monoisotopic (exact) mass is 470 g/mol. The van der Waals surface area contributed by atoms with Crippen molar-refractivity contribution in [1.29, 1.82) is 0 Å². The predicted molar refractivity (Wildman–Crippen MR) is 117 cm³/mol. The molecule has 2 aliphatic heterocycles. The number of hydrogen-bond donors (Lipinski definition) is 1. The molecule has 11 heteroatoms. The van der Waals surface area contributed by atoms with Crippen LogP contribution in [0.15, 0.2) is 57.8 Å².